The number of amides is 2. The van der Waals surface area contributed by atoms with Crippen molar-refractivity contribution in [2.45, 2.75) is 64.6 Å². The third-order valence-electron chi connectivity index (χ3n) is 6.70. The number of carbonyl (C=O) groups is 3. The Morgan fingerprint density at radius 1 is 1.05 bits per heavy atom. The monoisotopic (exact) mass is 581 g/mol. The third kappa shape index (κ3) is 7.48. The van der Waals surface area contributed by atoms with E-state index in [4.69, 9.17) is 23.2 Å². The Bertz CT molecular complexity index is 1280. The molecule has 0 aromatic heterocycles. The lowest BCUT2D eigenvalue weighted by molar-refractivity contribution is -0.140. The van der Waals surface area contributed by atoms with Crippen LogP contribution in [0.1, 0.15) is 61.9 Å². The van der Waals surface area contributed by atoms with Crippen LogP contribution in [0.25, 0.3) is 0 Å². The summed E-state index contributed by atoms with van der Waals surface area (Å²) in [6.07, 6.45) is 5.09. The smallest absolute Gasteiger partial charge is 0.244 e. The van der Waals surface area contributed by atoms with E-state index in [2.05, 4.69) is 5.32 Å². The van der Waals surface area contributed by atoms with E-state index in [0.717, 1.165) is 36.2 Å². The van der Waals surface area contributed by atoms with Crippen LogP contribution in [0.3, 0.4) is 0 Å². The second kappa shape index (κ2) is 13.0. The first kappa shape index (κ1) is 29.9. The van der Waals surface area contributed by atoms with Crippen molar-refractivity contribution in [3.8, 4) is 0 Å². The van der Waals surface area contributed by atoms with Gasteiger partial charge in [0.1, 0.15) is 12.6 Å². The molecule has 0 spiro atoms. The van der Waals surface area contributed by atoms with E-state index in [1.165, 1.54) is 24.0 Å². The molecule has 3 rings (SSSR count). The van der Waals surface area contributed by atoms with Gasteiger partial charge in [0, 0.05) is 33.8 Å². The molecule has 2 aromatic carbocycles. The van der Waals surface area contributed by atoms with Crippen molar-refractivity contribution in [2.24, 2.45) is 0 Å². The predicted molar refractivity (Wildman–Crippen MR) is 150 cm³/mol. The molecule has 8 nitrogen and oxygen atoms in total. The summed E-state index contributed by atoms with van der Waals surface area (Å²) >= 11 is 12.8. The molecule has 11 heteroatoms. The van der Waals surface area contributed by atoms with Gasteiger partial charge in [-0.3, -0.25) is 18.7 Å². The Morgan fingerprint density at radius 3 is 2.21 bits per heavy atom. The Hall–Kier alpha value is -2.62. The average molecular weight is 583 g/mol. The standard InChI is InChI=1S/C27H33Cl2N3O5S/c1-4-25(27(35)30-20-10-5-6-11-20)31(16-22-23(28)13-8-14-24(22)29)26(34)17-32(38(3,36)37)21-12-7-9-19(15-21)18(2)33/h7-9,12-15,20,25H,4-6,10-11,16-17H2,1-3H3,(H,30,35)/t25-/m0/s1. The Labute approximate surface area is 234 Å². The molecule has 2 aromatic rings. The highest BCUT2D eigenvalue weighted by molar-refractivity contribution is 7.92. The Balaban J connectivity index is 1.99. The number of nitrogens with zero attached hydrogens (tertiary/aromatic N) is 2. The number of nitrogens with one attached hydrogen (secondary N) is 1. The molecule has 0 aliphatic heterocycles. The van der Waals surface area contributed by atoms with E-state index < -0.39 is 28.5 Å². The summed E-state index contributed by atoms with van der Waals surface area (Å²) in [6.45, 7) is 2.51. The number of sulfonamides is 1. The number of benzene rings is 2. The number of ketones is 1. The summed E-state index contributed by atoms with van der Waals surface area (Å²) in [6, 6.07) is 10.2. The maximum atomic E-state index is 13.8. The lowest BCUT2D eigenvalue weighted by Crippen LogP contribution is -2.53. The van der Waals surface area contributed by atoms with Crippen LogP contribution in [-0.4, -0.2) is 55.8 Å². The largest absolute Gasteiger partial charge is 0.352 e. The highest BCUT2D eigenvalue weighted by Crippen LogP contribution is 2.28. The lowest BCUT2D eigenvalue weighted by atomic mass is 10.1. The van der Waals surface area contributed by atoms with E-state index in [1.807, 2.05) is 0 Å². The first-order chi connectivity index (χ1) is 17.9. The molecule has 38 heavy (non-hydrogen) atoms. The van der Waals surface area contributed by atoms with Crippen molar-refractivity contribution in [1.82, 2.24) is 10.2 Å². The third-order valence-corrected chi connectivity index (χ3v) is 8.55. The summed E-state index contributed by atoms with van der Waals surface area (Å²) in [4.78, 5) is 40.5. The van der Waals surface area contributed by atoms with Crippen molar-refractivity contribution in [2.75, 3.05) is 17.1 Å². The van der Waals surface area contributed by atoms with E-state index in [0.29, 0.717) is 27.6 Å². The molecular formula is C27H33Cl2N3O5S. The summed E-state index contributed by atoms with van der Waals surface area (Å²) in [5.74, 6) is -1.15. The Kier molecular flexibility index (Phi) is 10.2. The van der Waals surface area contributed by atoms with Crippen LogP contribution in [0.2, 0.25) is 10.0 Å². The molecule has 1 atom stereocenters. The van der Waals surface area contributed by atoms with Crippen molar-refractivity contribution in [1.29, 1.82) is 0 Å². The zero-order valence-electron chi connectivity index (χ0n) is 21.7. The van der Waals surface area contributed by atoms with Crippen LogP contribution in [0, 0.1) is 0 Å². The van der Waals surface area contributed by atoms with Gasteiger partial charge in [-0.15, -0.1) is 0 Å². The van der Waals surface area contributed by atoms with Gasteiger partial charge < -0.3 is 10.2 Å². The molecule has 0 unspecified atom stereocenters. The molecular weight excluding hydrogens is 549 g/mol. The maximum absolute atomic E-state index is 13.8. The van der Waals surface area contributed by atoms with Gasteiger partial charge in [-0.05, 0) is 50.5 Å². The number of Topliss-reactive ketones (excluding diaryl/α,β-unsaturated/α-hetero) is 1. The molecule has 0 saturated heterocycles. The fourth-order valence-corrected chi connectivity index (χ4v) is 5.99. The van der Waals surface area contributed by atoms with Crippen molar-refractivity contribution in [3.05, 3.63) is 63.6 Å². The second-order valence-electron chi connectivity index (χ2n) is 9.51. The number of carbonyl (C=O) groups excluding carboxylic acids is 3. The summed E-state index contributed by atoms with van der Waals surface area (Å²) in [5, 5.41) is 3.71. The fourth-order valence-electron chi connectivity index (χ4n) is 4.63. The number of hydrogen-bond acceptors (Lipinski definition) is 5. The molecule has 1 saturated carbocycles. The Morgan fingerprint density at radius 2 is 1.66 bits per heavy atom. The molecule has 0 bridgehead atoms. The average Bonchev–Trinajstić information content (AvgIpc) is 3.36. The van der Waals surface area contributed by atoms with Gasteiger partial charge in [0.2, 0.25) is 21.8 Å². The topological polar surface area (TPSA) is 104 Å². The molecule has 0 heterocycles. The van der Waals surface area contributed by atoms with Crippen molar-refractivity contribution in [3.63, 3.8) is 0 Å². The molecule has 1 aliphatic rings. The predicted octanol–water partition coefficient (Wildman–Crippen LogP) is 4.83. The number of anilines is 1. The fraction of sp³-hybridized carbons (Fsp3) is 0.444. The number of rotatable bonds is 11. The second-order valence-corrected chi connectivity index (χ2v) is 12.2. The minimum absolute atomic E-state index is 0.0410. The highest BCUT2D eigenvalue weighted by atomic mass is 35.5. The van der Waals surface area contributed by atoms with Gasteiger partial charge in [-0.1, -0.05) is 61.2 Å². The van der Waals surface area contributed by atoms with Gasteiger partial charge in [0.05, 0.1) is 11.9 Å². The molecule has 1 fully saturated rings. The first-order valence-corrected chi connectivity index (χ1v) is 15.1. The minimum atomic E-state index is -3.93. The van der Waals surface area contributed by atoms with Crippen LogP contribution in [0.5, 0.6) is 0 Å². The quantitative estimate of drug-likeness (QED) is 0.383. The van der Waals surface area contributed by atoms with Crippen LogP contribution in [-0.2, 0) is 26.2 Å². The van der Waals surface area contributed by atoms with Gasteiger partial charge in [0.25, 0.3) is 0 Å². The van der Waals surface area contributed by atoms with Crippen LogP contribution in [0.4, 0.5) is 5.69 Å². The van der Waals surface area contributed by atoms with Gasteiger partial charge in [-0.25, -0.2) is 8.42 Å². The summed E-state index contributed by atoms with van der Waals surface area (Å²) in [7, 11) is -3.93. The summed E-state index contributed by atoms with van der Waals surface area (Å²) in [5.41, 5.74) is 0.944. The van der Waals surface area contributed by atoms with Crippen LogP contribution in [0.15, 0.2) is 42.5 Å². The van der Waals surface area contributed by atoms with E-state index >= 15 is 0 Å². The molecule has 1 N–H and O–H groups in total. The van der Waals surface area contributed by atoms with Gasteiger partial charge >= 0.3 is 0 Å². The van der Waals surface area contributed by atoms with Crippen LogP contribution < -0.4 is 9.62 Å². The highest BCUT2D eigenvalue weighted by Gasteiger charge is 2.33. The van der Waals surface area contributed by atoms with Gasteiger partial charge in [-0.2, -0.15) is 0 Å². The van der Waals surface area contributed by atoms with Gasteiger partial charge in [0.15, 0.2) is 5.78 Å². The zero-order valence-corrected chi connectivity index (χ0v) is 24.1. The maximum Gasteiger partial charge on any atom is 0.244 e. The SMILES string of the molecule is CC[C@@H](C(=O)NC1CCCC1)N(Cc1c(Cl)cccc1Cl)C(=O)CN(c1cccc(C(C)=O)c1)S(C)(=O)=O. The molecule has 2 amide bonds. The lowest BCUT2D eigenvalue weighted by Gasteiger charge is -2.33. The molecule has 1 aliphatic carbocycles. The summed E-state index contributed by atoms with van der Waals surface area (Å²) < 4.78 is 26.5. The molecule has 0 radical (unpaired) electrons. The number of hydrogen-bond donors (Lipinski definition) is 1. The van der Waals surface area contributed by atoms with E-state index in [-0.39, 0.29) is 30.0 Å². The van der Waals surface area contributed by atoms with E-state index in [9.17, 15) is 22.8 Å². The first-order valence-electron chi connectivity index (χ1n) is 12.5. The number of halogens is 2. The van der Waals surface area contributed by atoms with Crippen molar-refractivity contribution >= 4 is 56.5 Å². The van der Waals surface area contributed by atoms with E-state index in [1.54, 1.807) is 37.3 Å². The van der Waals surface area contributed by atoms with Crippen molar-refractivity contribution < 1.29 is 22.8 Å². The molecule has 206 valence electrons. The zero-order chi connectivity index (χ0) is 28.0. The minimum Gasteiger partial charge on any atom is -0.352 e. The normalized spacial score (nSPS) is 14.7. The van der Waals surface area contributed by atoms with Crippen LogP contribution >= 0.6 is 23.2 Å².